The molecule has 1 aliphatic carbocycles. The van der Waals surface area contributed by atoms with Gasteiger partial charge in [0, 0.05) is 17.5 Å². The van der Waals surface area contributed by atoms with Crippen molar-refractivity contribution in [3.05, 3.63) is 70.8 Å². The van der Waals surface area contributed by atoms with Crippen molar-refractivity contribution in [2.45, 2.75) is 31.0 Å². The number of fused-ring (bicyclic) bond motifs is 2. The number of carbonyl (C=O) groups excluding carboxylic acids is 1. The molecule has 1 spiro atoms. The Hall–Kier alpha value is -2.83. The van der Waals surface area contributed by atoms with Crippen molar-refractivity contribution in [3.8, 4) is 0 Å². The molecule has 1 aliphatic heterocycles. The average molecular weight is 374 g/mol. The lowest BCUT2D eigenvalue weighted by Crippen LogP contribution is -2.33. The van der Waals surface area contributed by atoms with Gasteiger partial charge in [-0.25, -0.2) is 0 Å². The summed E-state index contributed by atoms with van der Waals surface area (Å²) in [5.74, 6) is -0.760. The van der Waals surface area contributed by atoms with Gasteiger partial charge in [0.25, 0.3) is 5.91 Å². The van der Waals surface area contributed by atoms with E-state index in [1.165, 1.54) is 17.7 Å². The average Bonchev–Trinajstić information content (AvgIpc) is 3.25. The quantitative estimate of drug-likeness (QED) is 0.885. The van der Waals surface area contributed by atoms with Crippen LogP contribution in [0.3, 0.4) is 0 Å². The van der Waals surface area contributed by atoms with E-state index in [1.54, 1.807) is 12.1 Å². The third-order valence-corrected chi connectivity index (χ3v) is 5.02. The molecular weight excluding hydrogens is 357 g/mol. The molecule has 0 aromatic heterocycles. The number of rotatable bonds is 3. The molecule has 4 rings (SSSR count). The van der Waals surface area contributed by atoms with Gasteiger partial charge < -0.3 is 10.2 Å². The van der Waals surface area contributed by atoms with Gasteiger partial charge in [-0.05, 0) is 36.1 Å². The lowest BCUT2D eigenvalue weighted by molar-refractivity contribution is -0.123. The molecule has 2 aromatic rings. The minimum atomic E-state index is -4.43. The molecule has 27 heavy (non-hydrogen) atoms. The Balaban J connectivity index is 1.46. The minimum absolute atomic E-state index is 0.170. The predicted molar refractivity (Wildman–Crippen MR) is 93.5 cm³/mol. The molecule has 0 bridgehead atoms. The highest BCUT2D eigenvalue weighted by Gasteiger charge is 2.45. The number of aryl methyl sites for hydroxylation is 1. The highest BCUT2D eigenvalue weighted by atomic mass is 19.4. The van der Waals surface area contributed by atoms with Gasteiger partial charge in [-0.3, -0.25) is 4.79 Å². The molecule has 4 nitrogen and oxygen atoms in total. The van der Waals surface area contributed by atoms with Crippen molar-refractivity contribution in [2.24, 2.45) is 5.16 Å². The molecule has 1 N–H and O–H groups in total. The molecule has 1 amide bonds. The first-order chi connectivity index (χ1) is 12.9. The van der Waals surface area contributed by atoms with E-state index in [9.17, 15) is 18.0 Å². The number of benzene rings is 2. The first-order valence-electron chi connectivity index (χ1n) is 8.65. The number of nitrogens with zero attached hydrogens (tertiary/aromatic N) is 1. The maximum atomic E-state index is 12.2. The lowest BCUT2D eigenvalue weighted by atomic mass is 9.88. The number of nitrogens with one attached hydrogen (secondary N) is 1. The van der Waals surface area contributed by atoms with Crippen LogP contribution in [0, 0.1) is 0 Å². The molecule has 2 aliphatic rings. The summed E-state index contributed by atoms with van der Waals surface area (Å²) in [5.41, 5.74) is 3.73. The molecule has 1 heterocycles. The van der Waals surface area contributed by atoms with E-state index in [4.69, 9.17) is 4.84 Å². The van der Waals surface area contributed by atoms with Crippen LogP contribution in [0.25, 0.3) is 0 Å². The van der Waals surface area contributed by atoms with Crippen LogP contribution in [0.5, 0.6) is 0 Å². The fraction of sp³-hybridized carbons (Fsp3) is 0.300. The Bertz CT molecular complexity index is 906. The normalized spacial score (nSPS) is 20.9. The molecule has 1 unspecified atom stereocenters. The van der Waals surface area contributed by atoms with Crippen LogP contribution in [-0.4, -0.2) is 24.3 Å². The predicted octanol–water partition coefficient (Wildman–Crippen LogP) is 3.94. The third kappa shape index (κ3) is 3.41. The smallest absolute Gasteiger partial charge is 0.384 e. The molecule has 0 saturated heterocycles. The highest BCUT2D eigenvalue weighted by Crippen LogP contribution is 2.46. The summed E-state index contributed by atoms with van der Waals surface area (Å²) < 4.78 is 36.6. The number of alkyl halides is 3. The van der Waals surface area contributed by atoms with Crippen molar-refractivity contribution >= 4 is 11.6 Å². The number of halogens is 3. The molecule has 0 fully saturated rings. The third-order valence-electron chi connectivity index (χ3n) is 5.02. The van der Waals surface area contributed by atoms with Crippen molar-refractivity contribution in [1.82, 2.24) is 5.32 Å². The van der Waals surface area contributed by atoms with Crippen molar-refractivity contribution in [1.29, 1.82) is 0 Å². The van der Waals surface area contributed by atoms with Gasteiger partial charge in [0.05, 0.1) is 5.71 Å². The van der Waals surface area contributed by atoms with Crippen molar-refractivity contribution in [3.63, 3.8) is 0 Å². The zero-order chi connectivity index (χ0) is 19.1. The van der Waals surface area contributed by atoms with Crippen molar-refractivity contribution in [2.75, 3.05) is 6.54 Å². The van der Waals surface area contributed by atoms with Crippen molar-refractivity contribution < 1.29 is 22.8 Å². The summed E-state index contributed by atoms with van der Waals surface area (Å²) in [6, 6.07) is 14.5. The van der Waals surface area contributed by atoms with Gasteiger partial charge in [0.1, 0.15) is 6.54 Å². The van der Waals surface area contributed by atoms with Gasteiger partial charge in [-0.1, -0.05) is 41.6 Å². The summed E-state index contributed by atoms with van der Waals surface area (Å²) >= 11 is 0. The van der Waals surface area contributed by atoms with Crippen LogP contribution in [0.2, 0.25) is 0 Å². The Morgan fingerprint density at radius 1 is 1.15 bits per heavy atom. The van der Waals surface area contributed by atoms with Crippen LogP contribution in [0.1, 0.15) is 39.9 Å². The number of amides is 1. The summed E-state index contributed by atoms with van der Waals surface area (Å²) in [5, 5.41) is 6.11. The number of oxime groups is 1. The number of hydrogen-bond donors (Lipinski definition) is 1. The standard InChI is InChI=1S/C20H17F3N2O2/c21-20(22,23)12-24-18(26)15-7-5-14(6-8-15)17-11-19(27-25-17)10-9-13-3-1-2-4-16(13)19/h1-8H,9-12H2,(H,24,26). The largest absolute Gasteiger partial charge is 0.405 e. The minimum Gasteiger partial charge on any atom is -0.384 e. The molecule has 0 saturated carbocycles. The van der Waals surface area contributed by atoms with Crippen LogP contribution in [0.15, 0.2) is 53.7 Å². The Labute approximate surface area is 154 Å². The van der Waals surface area contributed by atoms with Gasteiger partial charge in [0.2, 0.25) is 0 Å². The molecule has 0 radical (unpaired) electrons. The summed E-state index contributed by atoms with van der Waals surface area (Å²) in [6.07, 6.45) is -2.00. The van der Waals surface area contributed by atoms with Gasteiger partial charge >= 0.3 is 6.18 Å². The van der Waals surface area contributed by atoms with E-state index >= 15 is 0 Å². The molecule has 140 valence electrons. The van der Waals surface area contributed by atoms with E-state index in [1.807, 2.05) is 17.4 Å². The monoisotopic (exact) mass is 374 g/mol. The maximum Gasteiger partial charge on any atom is 0.405 e. The van der Waals surface area contributed by atoms with Gasteiger partial charge in [-0.2, -0.15) is 13.2 Å². The maximum absolute atomic E-state index is 12.2. The Kier molecular flexibility index (Phi) is 4.17. The van der Waals surface area contributed by atoms with Crippen LogP contribution < -0.4 is 5.32 Å². The van der Waals surface area contributed by atoms with E-state index < -0.39 is 24.2 Å². The zero-order valence-corrected chi connectivity index (χ0v) is 14.3. The van der Waals surface area contributed by atoms with E-state index in [0.29, 0.717) is 6.42 Å². The summed E-state index contributed by atoms with van der Waals surface area (Å²) in [6.45, 7) is -1.35. The number of hydrogen-bond acceptors (Lipinski definition) is 3. The zero-order valence-electron chi connectivity index (χ0n) is 14.3. The van der Waals surface area contributed by atoms with Gasteiger partial charge in [-0.15, -0.1) is 0 Å². The second-order valence-electron chi connectivity index (χ2n) is 6.83. The van der Waals surface area contributed by atoms with Crippen LogP contribution in [0.4, 0.5) is 13.2 Å². The highest BCUT2D eigenvalue weighted by molar-refractivity contribution is 6.03. The Morgan fingerprint density at radius 3 is 2.63 bits per heavy atom. The van der Waals surface area contributed by atoms with E-state index in [2.05, 4.69) is 17.3 Å². The molecule has 2 aromatic carbocycles. The van der Waals surface area contributed by atoms with Crippen LogP contribution >= 0.6 is 0 Å². The first kappa shape index (κ1) is 17.6. The second kappa shape index (κ2) is 6.40. The summed E-state index contributed by atoms with van der Waals surface area (Å²) in [4.78, 5) is 17.6. The molecule has 7 heteroatoms. The fourth-order valence-electron chi connectivity index (χ4n) is 3.66. The second-order valence-corrected chi connectivity index (χ2v) is 6.83. The first-order valence-corrected chi connectivity index (χ1v) is 8.65. The molecule has 1 atom stereocenters. The molecular formula is C20H17F3N2O2. The van der Waals surface area contributed by atoms with E-state index in [-0.39, 0.29) is 5.56 Å². The van der Waals surface area contributed by atoms with E-state index in [0.717, 1.165) is 29.7 Å². The number of carbonyl (C=O) groups is 1. The lowest BCUT2D eigenvalue weighted by Gasteiger charge is -2.21. The SMILES string of the molecule is O=C(NCC(F)(F)F)c1ccc(C2=NOC3(CCc4ccccc43)C2)cc1. The fourth-order valence-corrected chi connectivity index (χ4v) is 3.66. The van der Waals surface area contributed by atoms with Crippen LogP contribution in [-0.2, 0) is 16.9 Å². The Morgan fingerprint density at radius 2 is 1.89 bits per heavy atom. The topological polar surface area (TPSA) is 50.7 Å². The van der Waals surface area contributed by atoms with Gasteiger partial charge in [0.15, 0.2) is 5.60 Å². The summed E-state index contributed by atoms with van der Waals surface area (Å²) in [7, 11) is 0.